The van der Waals surface area contributed by atoms with Gasteiger partial charge in [0.2, 0.25) is 0 Å². The lowest BCUT2D eigenvalue weighted by Crippen LogP contribution is -2.34. The van der Waals surface area contributed by atoms with Crippen molar-refractivity contribution in [3.05, 3.63) is 12.4 Å². The van der Waals surface area contributed by atoms with E-state index < -0.39 is 18.1 Å². The first-order valence-corrected chi connectivity index (χ1v) is 6.13. The molecule has 0 radical (unpaired) electrons. The number of carbonyl (C=O) groups is 1. The van der Waals surface area contributed by atoms with E-state index >= 15 is 0 Å². The zero-order valence-corrected chi connectivity index (χ0v) is 11.3. The summed E-state index contributed by atoms with van der Waals surface area (Å²) in [7, 11) is 0. The quantitative estimate of drug-likeness (QED) is 0.579. The Labute approximate surface area is 112 Å². The number of nitrogens with zero attached hydrogens (tertiary/aromatic N) is 2. The van der Waals surface area contributed by atoms with E-state index in [1.807, 2.05) is 13.8 Å². The molecule has 1 heterocycles. The SMILES string of the molecule is CC(O)CNc1cc(N[C@@H](C(=O)O)C(C)C)ncn1. The van der Waals surface area contributed by atoms with E-state index in [1.165, 1.54) is 6.33 Å². The van der Waals surface area contributed by atoms with Crippen molar-refractivity contribution in [2.24, 2.45) is 5.92 Å². The van der Waals surface area contributed by atoms with Crippen LogP contribution in [0.25, 0.3) is 0 Å². The van der Waals surface area contributed by atoms with Crippen molar-refractivity contribution in [2.45, 2.75) is 32.9 Å². The van der Waals surface area contributed by atoms with Gasteiger partial charge >= 0.3 is 5.97 Å². The lowest BCUT2D eigenvalue weighted by Gasteiger charge is -2.18. The van der Waals surface area contributed by atoms with Crippen molar-refractivity contribution in [3.63, 3.8) is 0 Å². The van der Waals surface area contributed by atoms with E-state index in [2.05, 4.69) is 20.6 Å². The number of nitrogens with one attached hydrogen (secondary N) is 2. The molecule has 0 saturated carbocycles. The number of hydrogen-bond acceptors (Lipinski definition) is 6. The third-order valence-electron chi connectivity index (χ3n) is 2.48. The monoisotopic (exact) mass is 268 g/mol. The molecule has 0 aliphatic heterocycles. The van der Waals surface area contributed by atoms with Crippen molar-refractivity contribution >= 4 is 17.6 Å². The summed E-state index contributed by atoms with van der Waals surface area (Å²) in [5.74, 6) is -0.0241. The highest BCUT2D eigenvalue weighted by Gasteiger charge is 2.21. The van der Waals surface area contributed by atoms with E-state index in [4.69, 9.17) is 5.11 Å². The van der Waals surface area contributed by atoms with E-state index in [0.717, 1.165) is 0 Å². The fraction of sp³-hybridized carbons (Fsp3) is 0.583. The summed E-state index contributed by atoms with van der Waals surface area (Å²) in [6, 6.07) is 0.903. The fourth-order valence-electron chi connectivity index (χ4n) is 1.46. The Bertz CT molecular complexity index is 423. The van der Waals surface area contributed by atoms with Gasteiger partial charge in [-0.2, -0.15) is 0 Å². The van der Waals surface area contributed by atoms with E-state index in [9.17, 15) is 9.90 Å². The summed E-state index contributed by atoms with van der Waals surface area (Å²) >= 11 is 0. The van der Waals surface area contributed by atoms with Crippen LogP contribution in [0.5, 0.6) is 0 Å². The highest BCUT2D eigenvalue weighted by Crippen LogP contribution is 2.13. The number of hydrogen-bond donors (Lipinski definition) is 4. The van der Waals surface area contributed by atoms with Crippen LogP contribution in [-0.2, 0) is 4.79 Å². The molecule has 1 unspecified atom stereocenters. The first kappa shape index (κ1) is 15.2. The standard InChI is InChI=1S/C12H20N4O3/c1-7(2)11(12(18)19)16-10-4-9(14-6-15-10)13-5-8(3)17/h4,6-8,11,17H,5H2,1-3H3,(H,18,19)(H2,13,14,15,16)/t8?,11-/m1/s1. The molecule has 0 saturated heterocycles. The van der Waals surface area contributed by atoms with Crippen LogP contribution in [-0.4, -0.2) is 44.8 Å². The molecule has 0 aliphatic rings. The predicted octanol–water partition coefficient (Wildman–Crippen LogP) is 0.790. The van der Waals surface area contributed by atoms with Gasteiger partial charge in [0.1, 0.15) is 24.0 Å². The molecule has 1 rings (SSSR count). The topological polar surface area (TPSA) is 107 Å². The van der Waals surface area contributed by atoms with E-state index in [0.29, 0.717) is 18.2 Å². The lowest BCUT2D eigenvalue weighted by molar-refractivity contribution is -0.138. The van der Waals surface area contributed by atoms with Crippen molar-refractivity contribution < 1.29 is 15.0 Å². The molecule has 1 aromatic rings. The van der Waals surface area contributed by atoms with Gasteiger partial charge in [-0.1, -0.05) is 13.8 Å². The van der Waals surface area contributed by atoms with Crippen LogP contribution in [0.3, 0.4) is 0 Å². The molecular weight excluding hydrogens is 248 g/mol. The molecule has 0 aromatic carbocycles. The van der Waals surface area contributed by atoms with Gasteiger partial charge in [0.25, 0.3) is 0 Å². The molecule has 19 heavy (non-hydrogen) atoms. The average molecular weight is 268 g/mol. The summed E-state index contributed by atoms with van der Waals surface area (Å²) in [5, 5.41) is 24.1. The van der Waals surface area contributed by atoms with Gasteiger partial charge in [-0.05, 0) is 12.8 Å². The predicted molar refractivity (Wildman–Crippen MR) is 72.1 cm³/mol. The number of aliphatic hydroxyl groups excluding tert-OH is 1. The smallest absolute Gasteiger partial charge is 0.326 e. The molecule has 4 N–H and O–H groups in total. The minimum Gasteiger partial charge on any atom is -0.480 e. The molecule has 0 spiro atoms. The number of rotatable bonds is 7. The summed E-state index contributed by atoms with van der Waals surface area (Å²) < 4.78 is 0. The van der Waals surface area contributed by atoms with Crippen molar-refractivity contribution in [3.8, 4) is 0 Å². The number of anilines is 2. The van der Waals surface area contributed by atoms with Gasteiger partial charge in [0, 0.05) is 12.6 Å². The molecule has 2 atom stereocenters. The maximum atomic E-state index is 11.1. The minimum absolute atomic E-state index is 0.0682. The Kier molecular flexibility index (Phi) is 5.50. The highest BCUT2D eigenvalue weighted by atomic mass is 16.4. The van der Waals surface area contributed by atoms with Crippen molar-refractivity contribution in [1.82, 2.24) is 9.97 Å². The second kappa shape index (κ2) is 6.89. The highest BCUT2D eigenvalue weighted by molar-refractivity contribution is 5.77. The Hall–Kier alpha value is -1.89. The zero-order valence-electron chi connectivity index (χ0n) is 11.3. The van der Waals surface area contributed by atoms with Gasteiger partial charge in [-0.15, -0.1) is 0 Å². The average Bonchev–Trinajstić information content (AvgIpc) is 2.33. The summed E-state index contributed by atoms with van der Waals surface area (Å²) in [6.07, 6.45) is 0.847. The second-order valence-electron chi connectivity index (χ2n) is 4.72. The summed E-state index contributed by atoms with van der Waals surface area (Å²) in [6.45, 7) is 5.66. The van der Waals surface area contributed by atoms with E-state index in [1.54, 1.807) is 13.0 Å². The molecule has 0 amide bonds. The number of aliphatic hydroxyl groups is 1. The molecule has 7 heteroatoms. The molecule has 7 nitrogen and oxygen atoms in total. The molecule has 106 valence electrons. The number of aromatic nitrogens is 2. The Balaban J connectivity index is 2.73. The first-order chi connectivity index (χ1) is 8.90. The molecular formula is C12H20N4O3. The summed E-state index contributed by atoms with van der Waals surface area (Å²) in [5.41, 5.74) is 0. The second-order valence-corrected chi connectivity index (χ2v) is 4.72. The van der Waals surface area contributed by atoms with Gasteiger partial charge in [-0.3, -0.25) is 0 Å². The van der Waals surface area contributed by atoms with Gasteiger partial charge in [0.05, 0.1) is 6.10 Å². The van der Waals surface area contributed by atoms with Crippen LogP contribution in [0.2, 0.25) is 0 Å². The lowest BCUT2D eigenvalue weighted by atomic mass is 10.1. The first-order valence-electron chi connectivity index (χ1n) is 6.13. The summed E-state index contributed by atoms with van der Waals surface area (Å²) in [4.78, 5) is 19.1. The number of carboxylic acids is 1. The van der Waals surface area contributed by atoms with Crippen molar-refractivity contribution in [2.75, 3.05) is 17.2 Å². The van der Waals surface area contributed by atoms with Gasteiger partial charge < -0.3 is 20.8 Å². The molecule has 1 aromatic heterocycles. The maximum absolute atomic E-state index is 11.1. The Morgan fingerprint density at radius 3 is 2.47 bits per heavy atom. The fourth-order valence-corrected chi connectivity index (χ4v) is 1.46. The van der Waals surface area contributed by atoms with E-state index in [-0.39, 0.29) is 5.92 Å². The maximum Gasteiger partial charge on any atom is 0.326 e. The molecule has 0 aliphatic carbocycles. The normalized spacial score (nSPS) is 13.9. The van der Waals surface area contributed by atoms with Crippen LogP contribution < -0.4 is 10.6 Å². The van der Waals surface area contributed by atoms with Crippen LogP contribution >= 0.6 is 0 Å². The van der Waals surface area contributed by atoms with Crippen molar-refractivity contribution in [1.29, 1.82) is 0 Å². The van der Waals surface area contributed by atoms with Crippen LogP contribution in [0, 0.1) is 5.92 Å². The largest absolute Gasteiger partial charge is 0.480 e. The third kappa shape index (κ3) is 5.09. The zero-order chi connectivity index (χ0) is 14.4. The Morgan fingerprint density at radius 2 is 1.95 bits per heavy atom. The molecule has 0 bridgehead atoms. The Morgan fingerprint density at radius 1 is 1.32 bits per heavy atom. The van der Waals surface area contributed by atoms with Crippen LogP contribution in [0.4, 0.5) is 11.6 Å². The van der Waals surface area contributed by atoms with Gasteiger partial charge in [-0.25, -0.2) is 14.8 Å². The van der Waals surface area contributed by atoms with Crippen LogP contribution in [0.15, 0.2) is 12.4 Å². The number of carboxylic acid groups (broad SMARTS) is 1. The van der Waals surface area contributed by atoms with Crippen LogP contribution in [0.1, 0.15) is 20.8 Å². The van der Waals surface area contributed by atoms with Gasteiger partial charge in [0.15, 0.2) is 0 Å². The molecule has 0 fully saturated rings. The number of aliphatic carboxylic acids is 1. The third-order valence-corrected chi connectivity index (χ3v) is 2.48. The minimum atomic E-state index is -0.924.